The number of alkyl carbamates (subject to hydrolysis) is 1. The van der Waals surface area contributed by atoms with Gasteiger partial charge in [0.15, 0.2) is 0 Å². The second kappa shape index (κ2) is 9.16. The van der Waals surface area contributed by atoms with E-state index < -0.39 is 11.6 Å². The smallest absolute Gasteiger partial charge is 0.407 e. The molecule has 2 N–H and O–H groups in total. The zero-order chi connectivity index (χ0) is 23.6. The van der Waals surface area contributed by atoms with Gasteiger partial charge in [-0.15, -0.1) is 0 Å². The van der Waals surface area contributed by atoms with E-state index in [-0.39, 0.29) is 11.4 Å². The molecule has 0 saturated heterocycles. The molecule has 32 heavy (non-hydrogen) atoms. The van der Waals surface area contributed by atoms with Gasteiger partial charge in [0.25, 0.3) is 5.91 Å². The van der Waals surface area contributed by atoms with Crippen molar-refractivity contribution in [2.45, 2.75) is 84.2 Å². The van der Waals surface area contributed by atoms with Gasteiger partial charge in [0.2, 0.25) is 5.88 Å². The van der Waals surface area contributed by atoms with Crippen molar-refractivity contribution in [1.82, 2.24) is 20.4 Å². The minimum Gasteiger partial charge on any atom is -0.477 e. The van der Waals surface area contributed by atoms with Crippen LogP contribution in [0.1, 0.15) is 83.5 Å². The maximum Gasteiger partial charge on any atom is 0.407 e. The molecule has 3 saturated carbocycles. The van der Waals surface area contributed by atoms with E-state index in [9.17, 15) is 9.59 Å². The third kappa shape index (κ3) is 5.64. The average Bonchev–Trinajstić information content (AvgIpc) is 3.14. The first kappa shape index (κ1) is 24.1. The molecule has 0 atom stereocenters. The van der Waals surface area contributed by atoms with Crippen LogP contribution in [0.15, 0.2) is 12.3 Å². The Balaban J connectivity index is 1.80. The molecule has 178 valence electrons. The van der Waals surface area contributed by atoms with Crippen molar-refractivity contribution in [3.8, 4) is 5.88 Å². The quantitative estimate of drug-likeness (QED) is 0.618. The number of carbonyl (C=O) groups excluding carboxylic acids is 2. The molecule has 8 heteroatoms. The molecule has 2 amide bonds. The molecule has 0 spiro atoms. The molecule has 0 aliphatic heterocycles. The summed E-state index contributed by atoms with van der Waals surface area (Å²) < 4.78 is 12.2. The molecule has 0 aromatic carbocycles. The summed E-state index contributed by atoms with van der Waals surface area (Å²) in [4.78, 5) is 24.9. The summed E-state index contributed by atoms with van der Waals surface area (Å²) >= 11 is 0. The number of hydrogen-bond donors (Lipinski definition) is 2. The third-order valence-corrected chi connectivity index (χ3v) is 6.79. The summed E-state index contributed by atoms with van der Waals surface area (Å²) in [6.45, 7) is 10.6. The van der Waals surface area contributed by atoms with E-state index in [4.69, 9.17) is 4.74 Å². The molecule has 3 fully saturated rings. The first-order valence-electron chi connectivity index (χ1n) is 11.5. The average molecular weight is 447 g/mol. The molecule has 8 nitrogen and oxygen atoms in total. The number of ether oxygens (including phenoxy) is 2. The normalized spacial score (nSPS) is 25.2. The number of nitrogens with zero attached hydrogens (tertiary/aromatic N) is 2. The van der Waals surface area contributed by atoms with Crippen LogP contribution in [-0.4, -0.2) is 46.6 Å². The van der Waals surface area contributed by atoms with Crippen LogP contribution in [0, 0.1) is 11.3 Å². The molecule has 2 bridgehead atoms. The Morgan fingerprint density at radius 1 is 1.22 bits per heavy atom. The first-order valence-corrected chi connectivity index (χ1v) is 11.5. The molecule has 0 unspecified atom stereocenters. The summed E-state index contributed by atoms with van der Waals surface area (Å²) in [5.41, 5.74) is 0.0853. The fraction of sp³-hybridized carbons (Fsp3) is 0.708. The summed E-state index contributed by atoms with van der Waals surface area (Å²) in [5, 5.41) is 10.5. The van der Waals surface area contributed by atoms with Gasteiger partial charge in [0.05, 0.1) is 25.5 Å². The van der Waals surface area contributed by atoms with Crippen molar-refractivity contribution in [3.63, 3.8) is 0 Å². The van der Waals surface area contributed by atoms with Gasteiger partial charge in [-0.1, -0.05) is 20.8 Å². The number of hydrogen-bond acceptors (Lipinski definition) is 5. The van der Waals surface area contributed by atoms with Gasteiger partial charge in [0.1, 0.15) is 5.56 Å². The lowest BCUT2D eigenvalue weighted by Crippen LogP contribution is -2.56. The SMILES string of the molecule is COC(=O)NC(C)(C)/C=C/n1ncc(C(=O)NC23CCC(C)(CC2)CC3)c1OCC(C)C. The minimum absolute atomic E-state index is 0.117. The zero-order valence-electron chi connectivity index (χ0n) is 20.3. The van der Waals surface area contributed by atoms with Crippen LogP contribution in [0.25, 0.3) is 6.20 Å². The Bertz CT molecular complexity index is 847. The lowest BCUT2D eigenvalue weighted by atomic mass is 9.58. The van der Waals surface area contributed by atoms with Gasteiger partial charge in [-0.05, 0) is 69.8 Å². The number of nitrogens with one attached hydrogen (secondary N) is 2. The van der Waals surface area contributed by atoms with Crippen LogP contribution in [0.2, 0.25) is 0 Å². The summed E-state index contributed by atoms with van der Waals surface area (Å²) in [7, 11) is 1.32. The van der Waals surface area contributed by atoms with Crippen molar-refractivity contribution >= 4 is 18.2 Å². The van der Waals surface area contributed by atoms with E-state index in [0.29, 0.717) is 29.4 Å². The molecule has 0 radical (unpaired) electrons. The monoisotopic (exact) mass is 446 g/mol. The number of carbonyl (C=O) groups is 2. The standard InChI is InChI=1S/C24H38N4O4/c1-17(2)16-32-20-18(15-25-28(20)14-13-22(3,4)27-21(30)31-6)19(29)26-24-10-7-23(5,8-11-24)9-12-24/h13-15,17H,7-12,16H2,1-6H3,(H,26,29)(H,27,30)/b14-13+. The van der Waals surface area contributed by atoms with E-state index in [1.807, 2.05) is 13.8 Å². The van der Waals surface area contributed by atoms with Crippen LogP contribution < -0.4 is 15.4 Å². The third-order valence-electron chi connectivity index (χ3n) is 6.79. The van der Waals surface area contributed by atoms with Gasteiger partial charge in [-0.2, -0.15) is 5.10 Å². The predicted octanol–water partition coefficient (Wildman–Crippen LogP) is 4.37. The molecule has 1 aromatic rings. The summed E-state index contributed by atoms with van der Waals surface area (Å²) in [5.74, 6) is 0.568. The van der Waals surface area contributed by atoms with Crippen LogP contribution in [0.5, 0.6) is 5.88 Å². The fourth-order valence-corrected chi connectivity index (χ4v) is 4.48. The molecule has 1 aromatic heterocycles. The molecular formula is C24H38N4O4. The second-order valence-electron chi connectivity index (χ2n) is 10.7. The molecular weight excluding hydrogens is 408 g/mol. The van der Waals surface area contributed by atoms with Gasteiger partial charge in [-0.3, -0.25) is 4.79 Å². The van der Waals surface area contributed by atoms with E-state index in [1.165, 1.54) is 7.11 Å². The number of aromatic nitrogens is 2. The Morgan fingerprint density at radius 2 is 1.84 bits per heavy atom. The highest BCUT2D eigenvalue weighted by atomic mass is 16.5. The lowest BCUT2D eigenvalue weighted by molar-refractivity contribution is 0.0337. The molecule has 1 heterocycles. The maximum absolute atomic E-state index is 13.3. The topological polar surface area (TPSA) is 94.5 Å². The van der Waals surface area contributed by atoms with Crippen LogP contribution >= 0.6 is 0 Å². The Kier molecular flexibility index (Phi) is 6.91. The Hall–Kier alpha value is -2.51. The predicted molar refractivity (Wildman–Crippen MR) is 124 cm³/mol. The minimum atomic E-state index is -0.674. The van der Waals surface area contributed by atoms with Crippen LogP contribution in [-0.2, 0) is 4.74 Å². The number of rotatable bonds is 8. The fourth-order valence-electron chi connectivity index (χ4n) is 4.48. The summed E-state index contributed by atoms with van der Waals surface area (Å²) in [6, 6.07) is 0. The van der Waals surface area contributed by atoms with E-state index in [2.05, 4.69) is 41.2 Å². The van der Waals surface area contributed by atoms with E-state index >= 15 is 0 Å². The zero-order valence-corrected chi connectivity index (χ0v) is 20.3. The van der Waals surface area contributed by atoms with Gasteiger partial charge < -0.3 is 20.1 Å². The first-order chi connectivity index (χ1) is 15.0. The Labute approximate surface area is 191 Å². The lowest BCUT2D eigenvalue weighted by Gasteiger charge is -2.52. The molecule has 4 rings (SSSR count). The Morgan fingerprint density at radius 3 is 2.41 bits per heavy atom. The number of methoxy groups -OCH3 is 1. The number of fused-ring (bicyclic) bond motifs is 3. The highest BCUT2D eigenvalue weighted by molar-refractivity contribution is 5.97. The van der Waals surface area contributed by atoms with Crippen molar-refractivity contribution in [3.05, 3.63) is 17.8 Å². The number of amides is 2. The van der Waals surface area contributed by atoms with Gasteiger partial charge >= 0.3 is 6.09 Å². The molecule has 3 aliphatic rings. The second-order valence-corrected chi connectivity index (χ2v) is 10.7. The van der Waals surface area contributed by atoms with Gasteiger partial charge in [-0.25, -0.2) is 9.48 Å². The van der Waals surface area contributed by atoms with Crippen LogP contribution in [0.3, 0.4) is 0 Å². The van der Waals surface area contributed by atoms with Crippen molar-refractivity contribution < 1.29 is 19.1 Å². The largest absolute Gasteiger partial charge is 0.477 e. The highest BCUT2D eigenvalue weighted by Crippen LogP contribution is 2.52. The van der Waals surface area contributed by atoms with Crippen molar-refractivity contribution in [2.75, 3.05) is 13.7 Å². The highest BCUT2D eigenvalue weighted by Gasteiger charge is 2.47. The molecule has 3 aliphatic carbocycles. The van der Waals surface area contributed by atoms with Gasteiger partial charge in [0, 0.05) is 11.7 Å². The van der Waals surface area contributed by atoms with E-state index in [0.717, 1.165) is 38.5 Å². The maximum atomic E-state index is 13.3. The van der Waals surface area contributed by atoms with Crippen LogP contribution in [0.4, 0.5) is 4.79 Å². The van der Waals surface area contributed by atoms with Crippen molar-refractivity contribution in [1.29, 1.82) is 0 Å². The van der Waals surface area contributed by atoms with Crippen molar-refractivity contribution in [2.24, 2.45) is 11.3 Å². The summed E-state index contributed by atoms with van der Waals surface area (Å²) in [6.07, 6.45) is 11.1. The van der Waals surface area contributed by atoms with E-state index in [1.54, 1.807) is 23.2 Å².